The monoisotopic (exact) mass is 505 g/mol. The van der Waals surface area contributed by atoms with Crippen LogP contribution in [0.3, 0.4) is 0 Å². The van der Waals surface area contributed by atoms with E-state index < -0.39 is 11.6 Å². The first-order valence-corrected chi connectivity index (χ1v) is 12.7. The molecule has 1 aliphatic rings. The lowest BCUT2D eigenvalue weighted by atomic mass is 9.90. The van der Waals surface area contributed by atoms with Crippen LogP contribution in [-0.4, -0.2) is 34.0 Å². The second-order valence-corrected chi connectivity index (χ2v) is 10.6. The van der Waals surface area contributed by atoms with E-state index in [1.165, 1.54) is 11.1 Å². The molecule has 0 unspecified atom stereocenters. The van der Waals surface area contributed by atoms with Crippen LogP contribution < -0.4 is 4.74 Å². The minimum atomic E-state index is -0.946. The number of carbonyl (C=O) groups is 2. The van der Waals surface area contributed by atoms with Crippen LogP contribution in [0.1, 0.15) is 65.7 Å². The molecule has 188 valence electrons. The number of nitrogens with zero attached hydrogens (tertiary/aromatic N) is 1. The van der Waals surface area contributed by atoms with Crippen LogP contribution in [0.2, 0.25) is 5.02 Å². The quantitative estimate of drug-likeness (QED) is 0.359. The summed E-state index contributed by atoms with van der Waals surface area (Å²) in [5.74, 6) is 0.127. The predicted octanol–water partition coefficient (Wildman–Crippen LogP) is 6.52. The first kappa shape index (κ1) is 25.8. The molecule has 36 heavy (non-hydrogen) atoms. The van der Waals surface area contributed by atoms with Crippen LogP contribution >= 0.6 is 11.6 Å². The fourth-order valence-corrected chi connectivity index (χ4v) is 4.94. The van der Waals surface area contributed by atoms with Gasteiger partial charge in [0.2, 0.25) is 0 Å². The molecule has 1 atom stereocenters. The summed E-state index contributed by atoms with van der Waals surface area (Å²) in [5, 5.41) is 9.77. The van der Waals surface area contributed by atoms with Crippen LogP contribution in [0.5, 0.6) is 5.75 Å². The van der Waals surface area contributed by atoms with Crippen LogP contribution in [0.25, 0.3) is 0 Å². The maximum absolute atomic E-state index is 13.4. The summed E-state index contributed by atoms with van der Waals surface area (Å²) in [6, 6.07) is 21.4. The maximum atomic E-state index is 13.4. The number of benzene rings is 3. The summed E-state index contributed by atoms with van der Waals surface area (Å²) in [5.41, 5.74) is 4.49. The number of hydrogen-bond acceptors (Lipinski definition) is 3. The van der Waals surface area contributed by atoms with E-state index in [0.717, 1.165) is 23.3 Å². The number of carboxylic acids is 1. The van der Waals surface area contributed by atoms with Gasteiger partial charge in [-0.1, -0.05) is 61.8 Å². The van der Waals surface area contributed by atoms with Gasteiger partial charge in [0.05, 0.1) is 6.42 Å². The van der Waals surface area contributed by atoms with Gasteiger partial charge < -0.3 is 14.7 Å². The summed E-state index contributed by atoms with van der Waals surface area (Å²) >= 11 is 6.11. The van der Waals surface area contributed by atoms with Crippen LogP contribution in [-0.2, 0) is 24.2 Å². The van der Waals surface area contributed by atoms with Crippen molar-refractivity contribution in [3.05, 3.63) is 99.6 Å². The van der Waals surface area contributed by atoms with E-state index in [1.54, 1.807) is 23.1 Å². The predicted molar refractivity (Wildman–Crippen MR) is 142 cm³/mol. The second kappa shape index (κ2) is 10.8. The van der Waals surface area contributed by atoms with Crippen molar-refractivity contribution in [2.75, 3.05) is 6.54 Å². The molecule has 0 bridgehead atoms. The van der Waals surface area contributed by atoms with E-state index in [2.05, 4.69) is 45.0 Å². The molecule has 1 aliphatic heterocycles. The Morgan fingerprint density at radius 3 is 2.47 bits per heavy atom. The molecule has 0 radical (unpaired) electrons. The van der Waals surface area contributed by atoms with Crippen LogP contribution in [0.15, 0.2) is 66.7 Å². The largest absolute Gasteiger partial charge is 0.487 e. The Morgan fingerprint density at radius 2 is 1.81 bits per heavy atom. The highest BCUT2D eigenvalue weighted by Crippen LogP contribution is 2.38. The van der Waals surface area contributed by atoms with Crippen LogP contribution in [0.4, 0.5) is 0 Å². The molecule has 5 nitrogen and oxygen atoms in total. The standard InChI is InChI=1S/C30H32ClNO4/c1-20(2)23-9-7-21(8-10-23)17-30(3)18-25-16-24(11-12-27(25)36-30)29(35)32(14-13-28(33)34)19-22-5-4-6-26(31)15-22/h4-12,15-16,20H,13-14,17-19H2,1-3H3,(H,33,34)/t30-/m1/s1. The van der Waals surface area contributed by atoms with Gasteiger partial charge in [0.15, 0.2) is 0 Å². The van der Waals surface area contributed by atoms with Gasteiger partial charge in [-0.05, 0) is 65.4 Å². The van der Waals surface area contributed by atoms with E-state index in [0.29, 0.717) is 22.9 Å². The van der Waals surface area contributed by atoms with E-state index in [4.69, 9.17) is 16.3 Å². The molecule has 3 aromatic carbocycles. The number of rotatable bonds is 9. The molecule has 0 spiro atoms. The third-order valence-electron chi connectivity index (χ3n) is 6.60. The summed E-state index contributed by atoms with van der Waals surface area (Å²) < 4.78 is 6.34. The lowest BCUT2D eigenvalue weighted by Crippen LogP contribution is -2.33. The molecule has 0 fully saturated rings. The molecule has 6 heteroatoms. The zero-order valence-corrected chi connectivity index (χ0v) is 21.7. The van der Waals surface area contributed by atoms with Gasteiger partial charge in [0.1, 0.15) is 11.4 Å². The van der Waals surface area contributed by atoms with E-state index in [9.17, 15) is 14.7 Å². The van der Waals surface area contributed by atoms with Crippen molar-refractivity contribution in [2.45, 2.75) is 58.1 Å². The molecule has 3 aromatic rings. The molecule has 0 aromatic heterocycles. The number of halogens is 1. The highest BCUT2D eigenvalue weighted by atomic mass is 35.5. The summed E-state index contributed by atoms with van der Waals surface area (Å²) in [6.45, 7) is 6.86. The molecule has 0 saturated heterocycles. The lowest BCUT2D eigenvalue weighted by Gasteiger charge is -2.24. The summed E-state index contributed by atoms with van der Waals surface area (Å²) in [6.07, 6.45) is 1.33. The first-order valence-electron chi connectivity index (χ1n) is 12.3. The fourth-order valence-electron chi connectivity index (χ4n) is 4.73. The molecular weight excluding hydrogens is 474 g/mol. The van der Waals surface area contributed by atoms with Gasteiger partial charge in [-0.2, -0.15) is 0 Å². The zero-order valence-electron chi connectivity index (χ0n) is 21.0. The average molecular weight is 506 g/mol. The Labute approximate surface area is 217 Å². The molecular formula is C30H32ClNO4. The van der Waals surface area contributed by atoms with Gasteiger partial charge in [0, 0.05) is 36.5 Å². The Morgan fingerprint density at radius 1 is 1.06 bits per heavy atom. The van der Waals surface area contributed by atoms with Crippen molar-refractivity contribution in [1.29, 1.82) is 0 Å². The van der Waals surface area contributed by atoms with E-state index >= 15 is 0 Å². The van der Waals surface area contributed by atoms with Gasteiger partial charge in [0.25, 0.3) is 5.91 Å². The van der Waals surface area contributed by atoms with Crippen molar-refractivity contribution in [2.24, 2.45) is 0 Å². The Bertz CT molecular complexity index is 1250. The Hall–Kier alpha value is -3.31. The van der Waals surface area contributed by atoms with Crippen molar-refractivity contribution in [1.82, 2.24) is 4.90 Å². The third-order valence-corrected chi connectivity index (χ3v) is 6.83. The number of amides is 1. The topological polar surface area (TPSA) is 66.8 Å². The van der Waals surface area contributed by atoms with E-state index in [-0.39, 0.29) is 25.4 Å². The van der Waals surface area contributed by atoms with E-state index in [1.807, 2.05) is 24.3 Å². The second-order valence-electron chi connectivity index (χ2n) is 10.1. The Kier molecular flexibility index (Phi) is 7.70. The average Bonchev–Trinajstić information content (AvgIpc) is 3.16. The molecule has 1 heterocycles. The van der Waals surface area contributed by atoms with Crippen molar-refractivity contribution in [3.63, 3.8) is 0 Å². The fraction of sp³-hybridized carbons (Fsp3) is 0.333. The zero-order chi connectivity index (χ0) is 25.9. The summed E-state index contributed by atoms with van der Waals surface area (Å²) in [7, 11) is 0. The number of aliphatic carboxylic acids is 1. The molecule has 4 rings (SSSR count). The molecule has 1 amide bonds. The number of fused-ring (bicyclic) bond motifs is 1. The number of hydrogen-bond donors (Lipinski definition) is 1. The molecule has 0 aliphatic carbocycles. The summed E-state index contributed by atoms with van der Waals surface area (Å²) in [4.78, 5) is 26.2. The smallest absolute Gasteiger partial charge is 0.305 e. The minimum Gasteiger partial charge on any atom is -0.487 e. The number of carboxylic acid groups (broad SMARTS) is 1. The number of carbonyl (C=O) groups excluding carboxylic acids is 1. The van der Waals surface area contributed by atoms with Crippen molar-refractivity contribution < 1.29 is 19.4 Å². The van der Waals surface area contributed by atoms with Gasteiger partial charge in [-0.15, -0.1) is 0 Å². The lowest BCUT2D eigenvalue weighted by molar-refractivity contribution is -0.137. The number of ether oxygens (including phenoxy) is 1. The normalized spacial score (nSPS) is 16.5. The van der Waals surface area contributed by atoms with Crippen molar-refractivity contribution in [3.8, 4) is 5.75 Å². The van der Waals surface area contributed by atoms with Crippen molar-refractivity contribution >= 4 is 23.5 Å². The first-order chi connectivity index (χ1) is 17.1. The van der Waals surface area contributed by atoms with Gasteiger partial charge in [-0.3, -0.25) is 9.59 Å². The maximum Gasteiger partial charge on any atom is 0.305 e. The third kappa shape index (κ3) is 6.27. The molecule has 1 N–H and O–H groups in total. The Balaban J connectivity index is 1.50. The SMILES string of the molecule is CC(C)c1ccc(C[C@]2(C)Cc3cc(C(=O)N(CCC(=O)O)Cc4cccc(Cl)c4)ccc3O2)cc1. The van der Waals surface area contributed by atoms with Gasteiger partial charge in [-0.25, -0.2) is 0 Å². The highest BCUT2D eigenvalue weighted by molar-refractivity contribution is 6.30. The van der Waals surface area contributed by atoms with Crippen LogP contribution in [0, 0.1) is 0 Å². The highest BCUT2D eigenvalue weighted by Gasteiger charge is 2.35. The van der Waals surface area contributed by atoms with Gasteiger partial charge >= 0.3 is 5.97 Å². The minimum absolute atomic E-state index is 0.109. The molecule has 0 saturated carbocycles.